The average molecular weight is 318 g/mol. The van der Waals surface area contributed by atoms with Gasteiger partial charge in [0.15, 0.2) is 5.15 Å². The zero-order chi connectivity index (χ0) is 16.3. The molecule has 0 aliphatic heterocycles. The van der Waals surface area contributed by atoms with Crippen molar-refractivity contribution < 1.29 is 9.59 Å². The summed E-state index contributed by atoms with van der Waals surface area (Å²) in [5.74, 6) is -1.55. The number of anilines is 2. The number of hydrogen-bond acceptors (Lipinski definition) is 3. The SMILES string of the molecule is Cc1cc(C)c(NC(=O)C(=O)Nc2cccnc2Cl)c(C)c1. The van der Waals surface area contributed by atoms with E-state index < -0.39 is 11.8 Å². The lowest BCUT2D eigenvalue weighted by atomic mass is 10.1. The Morgan fingerprint density at radius 1 is 1.05 bits per heavy atom. The molecule has 0 unspecified atom stereocenters. The van der Waals surface area contributed by atoms with Crippen molar-refractivity contribution in [2.24, 2.45) is 0 Å². The molecule has 1 heterocycles. The van der Waals surface area contributed by atoms with Crippen molar-refractivity contribution in [3.05, 3.63) is 52.3 Å². The first-order chi connectivity index (χ1) is 10.4. The molecule has 22 heavy (non-hydrogen) atoms. The number of pyridine rings is 1. The number of amides is 2. The number of nitrogens with zero attached hydrogens (tertiary/aromatic N) is 1. The van der Waals surface area contributed by atoms with Crippen LogP contribution in [0.1, 0.15) is 16.7 Å². The standard InChI is InChI=1S/C16H16ClN3O2/c1-9-7-10(2)13(11(3)8-9)20-16(22)15(21)19-12-5-4-6-18-14(12)17/h4-8H,1-3H3,(H,19,21)(H,20,22). The fourth-order valence-electron chi connectivity index (χ4n) is 2.21. The molecule has 0 atom stereocenters. The van der Waals surface area contributed by atoms with Crippen LogP contribution in [0.15, 0.2) is 30.5 Å². The van der Waals surface area contributed by atoms with Gasteiger partial charge in [0.05, 0.1) is 5.69 Å². The summed E-state index contributed by atoms with van der Waals surface area (Å²) in [6.07, 6.45) is 1.50. The fraction of sp³-hybridized carbons (Fsp3) is 0.188. The quantitative estimate of drug-likeness (QED) is 0.660. The van der Waals surface area contributed by atoms with Gasteiger partial charge in [0.2, 0.25) is 0 Å². The number of aryl methyl sites for hydroxylation is 3. The highest BCUT2D eigenvalue weighted by atomic mass is 35.5. The molecule has 2 aromatic rings. The Bertz CT molecular complexity index is 721. The molecule has 0 aliphatic carbocycles. The highest BCUT2D eigenvalue weighted by Crippen LogP contribution is 2.22. The Balaban J connectivity index is 2.13. The Hall–Kier alpha value is -2.40. The van der Waals surface area contributed by atoms with Gasteiger partial charge < -0.3 is 10.6 Å². The van der Waals surface area contributed by atoms with Crippen LogP contribution in [-0.4, -0.2) is 16.8 Å². The van der Waals surface area contributed by atoms with Crippen molar-refractivity contribution >= 4 is 34.8 Å². The minimum Gasteiger partial charge on any atom is -0.317 e. The monoisotopic (exact) mass is 317 g/mol. The van der Waals surface area contributed by atoms with Gasteiger partial charge in [-0.1, -0.05) is 29.3 Å². The molecule has 2 rings (SSSR count). The Morgan fingerprint density at radius 2 is 1.64 bits per heavy atom. The van der Waals surface area contributed by atoms with Gasteiger partial charge in [-0.25, -0.2) is 4.98 Å². The molecule has 0 saturated carbocycles. The summed E-state index contributed by atoms with van der Waals surface area (Å²) in [5.41, 5.74) is 3.83. The lowest BCUT2D eigenvalue weighted by Gasteiger charge is -2.13. The van der Waals surface area contributed by atoms with Crippen LogP contribution in [0.5, 0.6) is 0 Å². The molecule has 0 fully saturated rings. The molecule has 0 radical (unpaired) electrons. The smallest absolute Gasteiger partial charge is 0.314 e. The van der Waals surface area contributed by atoms with Crippen LogP contribution in [0.3, 0.4) is 0 Å². The second-order valence-electron chi connectivity index (χ2n) is 5.02. The summed E-state index contributed by atoms with van der Waals surface area (Å²) in [7, 11) is 0. The third-order valence-corrected chi connectivity index (χ3v) is 3.43. The molecule has 6 heteroatoms. The van der Waals surface area contributed by atoms with Crippen molar-refractivity contribution in [1.29, 1.82) is 0 Å². The molecule has 0 aliphatic rings. The Labute approximate surface area is 133 Å². The molecular formula is C16H16ClN3O2. The van der Waals surface area contributed by atoms with E-state index in [2.05, 4.69) is 15.6 Å². The molecule has 5 nitrogen and oxygen atoms in total. The maximum atomic E-state index is 12.0. The molecule has 2 N–H and O–H groups in total. The second kappa shape index (κ2) is 6.58. The van der Waals surface area contributed by atoms with Gasteiger partial charge in [-0.15, -0.1) is 0 Å². The average Bonchev–Trinajstić information content (AvgIpc) is 2.45. The van der Waals surface area contributed by atoms with E-state index in [9.17, 15) is 9.59 Å². The lowest BCUT2D eigenvalue weighted by Crippen LogP contribution is -2.29. The van der Waals surface area contributed by atoms with Crippen LogP contribution < -0.4 is 10.6 Å². The first kappa shape index (κ1) is 16.0. The molecule has 2 amide bonds. The van der Waals surface area contributed by atoms with Gasteiger partial charge in [0.25, 0.3) is 0 Å². The van der Waals surface area contributed by atoms with Crippen molar-refractivity contribution in [2.75, 3.05) is 10.6 Å². The number of rotatable bonds is 2. The summed E-state index contributed by atoms with van der Waals surface area (Å²) in [4.78, 5) is 27.8. The number of halogens is 1. The summed E-state index contributed by atoms with van der Waals surface area (Å²) in [6, 6.07) is 7.08. The van der Waals surface area contributed by atoms with Crippen molar-refractivity contribution in [3.8, 4) is 0 Å². The molecule has 0 spiro atoms. The Morgan fingerprint density at radius 3 is 2.23 bits per heavy atom. The highest BCUT2D eigenvalue weighted by molar-refractivity contribution is 6.44. The summed E-state index contributed by atoms with van der Waals surface area (Å²) < 4.78 is 0. The van der Waals surface area contributed by atoms with E-state index in [-0.39, 0.29) is 5.15 Å². The summed E-state index contributed by atoms with van der Waals surface area (Å²) >= 11 is 5.84. The number of aromatic nitrogens is 1. The third-order valence-electron chi connectivity index (χ3n) is 3.13. The van der Waals surface area contributed by atoms with E-state index in [0.717, 1.165) is 16.7 Å². The predicted molar refractivity (Wildman–Crippen MR) is 87.2 cm³/mol. The number of carbonyl (C=O) groups is 2. The van der Waals surface area contributed by atoms with Crippen LogP contribution in [-0.2, 0) is 9.59 Å². The zero-order valence-electron chi connectivity index (χ0n) is 12.5. The van der Waals surface area contributed by atoms with Gasteiger partial charge in [0.1, 0.15) is 0 Å². The number of hydrogen-bond donors (Lipinski definition) is 2. The van der Waals surface area contributed by atoms with Crippen LogP contribution in [0.2, 0.25) is 5.15 Å². The van der Waals surface area contributed by atoms with Crippen LogP contribution >= 0.6 is 11.6 Å². The van der Waals surface area contributed by atoms with Gasteiger partial charge >= 0.3 is 11.8 Å². The van der Waals surface area contributed by atoms with E-state index in [1.54, 1.807) is 12.1 Å². The highest BCUT2D eigenvalue weighted by Gasteiger charge is 2.17. The summed E-state index contributed by atoms with van der Waals surface area (Å²) in [6.45, 7) is 5.74. The van der Waals surface area contributed by atoms with Crippen molar-refractivity contribution in [2.45, 2.75) is 20.8 Å². The fourth-order valence-corrected chi connectivity index (χ4v) is 2.37. The van der Waals surface area contributed by atoms with Crippen LogP contribution in [0, 0.1) is 20.8 Å². The van der Waals surface area contributed by atoms with Crippen LogP contribution in [0.4, 0.5) is 11.4 Å². The lowest BCUT2D eigenvalue weighted by molar-refractivity contribution is -0.133. The molecule has 0 saturated heterocycles. The van der Waals surface area contributed by atoms with E-state index in [1.165, 1.54) is 6.20 Å². The third kappa shape index (κ3) is 3.62. The number of carbonyl (C=O) groups excluding carboxylic acids is 2. The first-order valence-corrected chi connectivity index (χ1v) is 7.07. The topological polar surface area (TPSA) is 71.1 Å². The Kier molecular flexibility index (Phi) is 4.78. The maximum absolute atomic E-state index is 12.0. The van der Waals surface area contributed by atoms with Gasteiger partial charge in [-0.05, 0) is 44.0 Å². The van der Waals surface area contributed by atoms with Crippen molar-refractivity contribution in [3.63, 3.8) is 0 Å². The zero-order valence-corrected chi connectivity index (χ0v) is 13.3. The molecule has 114 valence electrons. The molecule has 0 bridgehead atoms. The summed E-state index contributed by atoms with van der Waals surface area (Å²) in [5, 5.41) is 5.20. The normalized spacial score (nSPS) is 10.2. The number of benzene rings is 1. The number of nitrogens with one attached hydrogen (secondary N) is 2. The van der Waals surface area contributed by atoms with Gasteiger partial charge in [-0.3, -0.25) is 9.59 Å². The minimum absolute atomic E-state index is 0.131. The van der Waals surface area contributed by atoms with Gasteiger partial charge in [-0.2, -0.15) is 0 Å². The van der Waals surface area contributed by atoms with E-state index in [1.807, 2.05) is 32.9 Å². The van der Waals surface area contributed by atoms with E-state index in [0.29, 0.717) is 11.4 Å². The second-order valence-corrected chi connectivity index (χ2v) is 5.38. The van der Waals surface area contributed by atoms with E-state index >= 15 is 0 Å². The first-order valence-electron chi connectivity index (χ1n) is 6.69. The molecular weight excluding hydrogens is 302 g/mol. The van der Waals surface area contributed by atoms with Crippen LogP contribution in [0.25, 0.3) is 0 Å². The molecule has 1 aromatic heterocycles. The van der Waals surface area contributed by atoms with E-state index in [4.69, 9.17) is 11.6 Å². The van der Waals surface area contributed by atoms with Gasteiger partial charge in [0, 0.05) is 11.9 Å². The minimum atomic E-state index is -0.797. The predicted octanol–water partition coefficient (Wildman–Crippen LogP) is 3.24. The molecule has 1 aromatic carbocycles. The van der Waals surface area contributed by atoms with Crippen molar-refractivity contribution in [1.82, 2.24) is 4.98 Å². The maximum Gasteiger partial charge on any atom is 0.314 e. The largest absolute Gasteiger partial charge is 0.317 e.